The van der Waals surface area contributed by atoms with Gasteiger partial charge in [-0.15, -0.1) is 0 Å². The molecule has 0 saturated carbocycles. The molecule has 0 spiro atoms. The van der Waals surface area contributed by atoms with Gasteiger partial charge >= 0.3 is 11.8 Å². The predicted octanol–water partition coefficient (Wildman–Crippen LogP) is 3.68. The van der Waals surface area contributed by atoms with Crippen molar-refractivity contribution in [2.45, 2.75) is 32.8 Å². The summed E-state index contributed by atoms with van der Waals surface area (Å²) in [7, 11) is 0. The van der Waals surface area contributed by atoms with Crippen LogP contribution in [-0.2, 0) is 9.47 Å². The van der Waals surface area contributed by atoms with Crippen molar-refractivity contribution in [3.63, 3.8) is 0 Å². The molecule has 2 aromatic rings. The summed E-state index contributed by atoms with van der Waals surface area (Å²) in [4.78, 5) is 35.2. The van der Waals surface area contributed by atoms with E-state index in [9.17, 15) is 14.9 Å². The van der Waals surface area contributed by atoms with Crippen LogP contribution in [0.25, 0.3) is 0 Å². The molecule has 0 atom stereocenters. The molecule has 30 heavy (non-hydrogen) atoms. The highest BCUT2D eigenvalue weighted by atomic mass is 16.7. The van der Waals surface area contributed by atoms with Crippen molar-refractivity contribution in [3.05, 3.63) is 46.8 Å². The van der Waals surface area contributed by atoms with Crippen LogP contribution in [0, 0.1) is 10.1 Å². The van der Waals surface area contributed by atoms with E-state index in [0.29, 0.717) is 32.5 Å². The molecule has 0 N–H and O–H groups in total. The number of benzene rings is 1. The van der Waals surface area contributed by atoms with Crippen molar-refractivity contribution < 1.29 is 19.2 Å². The van der Waals surface area contributed by atoms with Gasteiger partial charge in [-0.2, -0.15) is 0 Å². The summed E-state index contributed by atoms with van der Waals surface area (Å²) in [5, 5.41) is 12.0. The molecule has 1 aliphatic heterocycles. The van der Waals surface area contributed by atoms with Crippen molar-refractivity contribution >= 4 is 29.2 Å². The van der Waals surface area contributed by atoms with Crippen LogP contribution >= 0.6 is 0 Å². The van der Waals surface area contributed by atoms with Gasteiger partial charge in [-0.05, 0) is 26.0 Å². The fraction of sp³-hybridized carbons (Fsp3) is 0.450. The molecule has 10 heteroatoms. The second-order valence-corrected chi connectivity index (χ2v) is 6.69. The van der Waals surface area contributed by atoms with Gasteiger partial charge in [0.1, 0.15) is 12.4 Å². The summed E-state index contributed by atoms with van der Waals surface area (Å²) < 4.78 is 10.1. The third-order valence-corrected chi connectivity index (χ3v) is 4.87. The molecule has 0 bridgehead atoms. The molecule has 10 nitrogen and oxygen atoms in total. The summed E-state index contributed by atoms with van der Waals surface area (Å²) in [5.74, 6) is 0.526. The molecule has 0 radical (unpaired) electrons. The van der Waals surface area contributed by atoms with E-state index in [2.05, 4.69) is 9.97 Å². The molecule has 0 aliphatic carbocycles. The molecule has 1 aliphatic rings. The third kappa shape index (κ3) is 4.76. The Bertz CT molecular complexity index is 871. The lowest BCUT2D eigenvalue weighted by molar-refractivity contribution is -0.383. The first-order chi connectivity index (χ1) is 14.5. The molecule has 1 fully saturated rings. The number of para-hydroxylation sites is 1. The van der Waals surface area contributed by atoms with Crippen molar-refractivity contribution in [2.75, 3.05) is 36.0 Å². The van der Waals surface area contributed by atoms with E-state index in [1.54, 1.807) is 11.8 Å². The largest absolute Gasteiger partial charge is 0.508 e. The Morgan fingerprint density at radius 3 is 2.53 bits per heavy atom. The smallest absolute Gasteiger partial charge is 0.435 e. The number of piperidine rings is 1. The third-order valence-electron chi connectivity index (χ3n) is 4.87. The zero-order valence-electron chi connectivity index (χ0n) is 17.1. The number of rotatable bonds is 7. The monoisotopic (exact) mass is 415 g/mol. The van der Waals surface area contributed by atoms with Crippen LogP contribution < -0.4 is 9.80 Å². The number of hydrogen-bond acceptors (Lipinski definition) is 9. The van der Waals surface area contributed by atoms with Gasteiger partial charge in [0.2, 0.25) is 11.6 Å². The number of carbonyl (C=O) groups excluding carboxylic acids is 1. The Balaban J connectivity index is 1.84. The second kappa shape index (κ2) is 9.86. The summed E-state index contributed by atoms with van der Waals surface area (Å²) >= 11 is 0. The number of carbonyl (C=O) groups is 1. The Kier molecular flexibility index (Phi) is 6.99. The fourth-order valence-corrected chi connectivity index (χ4v) is 3.49. The van der Waals surface area contributed by atoms with Crippen LogP contribution in [0.4, 0.5) is 27.8 Å². The summed E-state index contributed by atoms with van der Waals surface area (Å²) in [5.41, 5.74) is 0.683. The van der Waals surface area contributed by atoms with Gasteiger partial charge in [0.25, 0.3) is 0 Å². The van der Waals surface area contributed by atoms with Crippen molar-refractivity contribution in [3.8, 4) is 0 Å². The average molecular weight is 415 g/mol. The van der Waals surface area contributed by atoms with E-state index in [0.717, 1.165) is 5.69 Å². The predicted molar refractivity (Wildman–Crippen MR) is 111 cm³/mol. The van der Waals surface area contributed by atoms with E-state index in [4.69, 9.17) is 9.47 Å². The summed E-state index contributed by atoms with van der Waals surface area (Å²) in [6.45, 7) is 5.33. The highest BCUT2D eigenvalue weighted by Gasteiger charge is 2.33. The number of anilines is 3. The quantitative estimate of drug-likeness (QED) is 0.380. The lowest BCUT2D eigenvalue weighted by Gasteiger charge is -2.32. The Hall–Kier alpha value is -3.43. The maximum Gasteiger partial charge on any atom is 0.508 e. The van der Waals surface area contributed by atoms with Crippen LogP contribution in [0.3, 0.4) is 0 Å². The first-order valence-corrected chi connectivity index (χ1v) is 9.95. The highest BCUT2D eigenvalue weighted by molar-refractivity contribution is 5.76. The molecule has 1 aromatic heterocycles. The Labute approximate surface area is 174 Å². The van der Waals surface area contributed by atoms with Crippen molar-refractivity contribution in [1.29, 1.82) is 0 Å². The average Bonchev–Trinajstić information content (AvgIpc) is 2.75. The van der Waals surface area contributed by atoms with E-state index >= 15 is 0 Å². The maximum atomic E-state index is 12.0. The summed E-state index contributed by atoms with van der Waals surface area (Å²) in [6, 6.07) is 9.40. The zero-order valence-corrected chi connectivity index (χ0v) is 17.1. The lowest BCUT2D eigenvalue weighted by Crippen LogP contribution is -2.39. The SMILES string of the molecule is CCOC(=O)OC1CCN(c2ncnc(N(CC)c3ccccc3)c2[N+](=O)[O-])CC1. The molecule has 0 unspecified atom stereocenters. The number of aromatic nitrogens is 2. The van der Waals surface area contributed by atoms with E-state index < -0.39 is 11.1 Å². The first-order valence-electron chi connectivity index (χ1n) is 9.95. The molecule has 2 heterocycles. The van der Waals surface area contributed by atoms with Crippen LogP contribution in [0.5, 0.6) is 0 Å². The van der Waals surface area contributed by atoms with Gasteiger partial charge in [0.15, 0.2) is 0 Å². The Morgan fingerprint density at radius 2 is 1.93 bits per heavy atom. The molecule has 0 amide bonds. The van der Waals surface area contributed by atoms with Gasteiger partial charge in [-0.3, -0.25) is 10.1 Å². The molecule has 160 valence electrons. The van der Waals surface area contributed by atoms with Gasteiger partial charge < -0.3 is 19.3 Å². The molecule has 1 aromatic carbocycles. The van der Waals surface area contributed by atoms with E-state index in [1.165, 1.54) is 6.33 Å². The van der Waals surface area contributed by atoms with Crippen molar-refractivity contribution in [2.24, 2.45) is 0 Å². The second-order valence-electron chi connectivity index (χ2n) is 6.69. The number of nitrogens with zero attached hydrogens (tertiary/aromatic N) is 5. The number of hydrogen-bond donors (Lipinski definition) is 0. The minimum atomic E-state index is -0.687. The maximum absolute atomic E-state index is 12.0. The van der Waals surface area contributed by atoms with Gasteiger partial charge in [0.05, 0.1) is 11.5 Å². The Morgan fingerprint density at radius 1 is 1.23 bits per heavy atom. The minimum absolute atomic E-state index is 0.132. The molecular formula is C20H25N5O5. The van der Waals surface area contributed by atoms with E-state index in [1.807, 2.05) is 42.2 Å². The first kappa shape index (κ1) is 21.3. The van der Waals surface area contributed by atoms with Gasteiger partial charge in [0, 0.05) is 38.2 Å². The van der Waals surface area contributed by atoms with Crippen LogP contribution in [-0.4, -0.2) is 53.4 Å². The normalized spacial score (nSPS) is 14.3. The molecular weight excluding hydrogens is 390 g/mol. The standard InChI is InChI=1S/C20H25N5O5/c1-3-24(15-8-6-5-7-9-15)19-17(25(27)28)18(21-14-22-19)23-12-10-16(11-13-23)30-20(26)29-4-2/h5-9,14,16H,3-4,10-13H2,1-2H3. The number of nitro groups is 1. The van der Waals surface area contributed by atoms with Gasteiger partial charge in [-0.1, -0.05) is 18.2 Å². The van der Waals surface area contributed by atoms with Crippen LogP contribution in [0.15, 0.2) is 36.7 Å². The lowest BCUT2D eigenvalue weighted by atomic mass is 10.1. The molecule has 1 saturated heterocycles. The zero-order chi connectivity index (χ0) is 21.5. The van der Waals surface area contributed by atoms with Gasteiger partial charge in [-0.25, -0.2) is 14.8 Å². The summed E-state index contributed by atoms with van der Waals surface area (Å²) in [6.07, 6.45) is 1.45. The van der Waals surface area contributed by atoms with Crippen LogP contribution in [0.2, 0.25) is 0 Å². The molecule has 3 rings (SSSR count). The fourth-order valence-electron chi connectivity index (χ4n) is 3.49. The minimum Gasteiger partial charge on any atom is -0.435 e. The van der Waals surface area contributed by atoms with E-state index in [-0.39, 0.29) is 30.0 Å². The van der Waals surface area contributed by atoms with Crippen LogP contribution in [0.1, 0.15) is 26.7 Å². The van der Waals surface area contributed by atoms with Crippen molar-refractivity contribution in [1.82, 2.24) is 9.97 Å². The topological polar surface area (TPSA) is 111 Å². The number of ether oxygens (including phenoxy) is 2. The highest BCUT2D eigenvalue weighted by Crippen LogP contribution is 2.38.